The summed E-state index contributed by atoms with van der Waals surface area (Å²) in [5.74, 6) is -0.350. The number of carbonyl (C=O) groups excluding carboxylic acids is 2. The van der Waals surface area contributed by atoms with Gasteiger partial charge in [-0.15, -0.1) is 0 Å². The van der Waals surface area contributed by atoms with Crippen molar-refractivity contribution in [1.29, 1.82) is 0 Å². The van der Waals surface area contributed by atoms with E-state index in [-0.39, 0.29) is 11.8 Å². The molecule has 1 aromatic carbocycles. The lowest BCUT2D eigenvalue weighted by atomic mass is 9.89. The van der Waals surface area contributed by atoms with Crippen molar-refractivity contribution in [3.8, 4) is 0 Å². The number of benzene rings is 1. The summed E-state index contributed by atoms with van der Waals surface area (Å²) < 4.78 is 0. The van der Waals surface area contributed by atoms with Gasteiger partial charge in [0.2, 0.25) is 11.8 Å². The highest BCUT2D eigenvalue weighted by Crippen LogP contribution is 2.27. The Balaban J connectivity index is 2.14. The lowest BCUT2D eigenvalue weighted by molar-refractivity contribution is -0.147. The highest BCUT2D eigenvalue weighted by atomic mass is 16.2. The van der Waals surface area contributed by atoms with Crippen LogP contribution in [-0.2, 0) is 9.59 Å². The van der Waals surface area contributed by atoms with Crippen molar-refractivity contribution in [3.63, 3.8) is 0 Å². The van der Waals surface area contributed by atoms with Gasteiger partial charge in [-0.3, -0.25) is 9.59 Å². The van der Waals surface area contributed by atoms with E-state index in [1.54, 1.807) is 18.7 Å². The van der Waals surface area contributed by atoms with Gasteiger partial charge in [0.05, 0.1) is 0 Å². The maximum Gasteiger partial charge on any atom is 0.239 e. The Labute approximate surface area is 145 Å². The Bertz CT molecular complexity index is 621. The summed E-state index contributed by atoms with van der Waals surface area (Å²) in [6, 6.07) is 4.08. The predicted octanol–water partition coefficient (Wildman–Crippen LogP) is 2.35. The summed E-state index contributed by atoms with van der Waals surface area (Å²) in [5.41, 5.74) is 2.92. The number of nitrogens with one attached hydrogen (secondary N) is 1. The van der Waals surface area contributed by atoms with E-state index >= 15 is 0 Å². The zero-order valence-electron chi connectivity index (χ0n) is 15.7. The van der Waals surface area contributed by atoms with Crippen molar-refractivity contribution in [2.45, 2.75) is 34.6 Å². The minimum absolute atomic E-state index is 0.101. The Kier molecular flexibility index (Phi) is 5.33. The van der Waals surface area contributed by atoms with Gasteiger partial charge < -0.3 is 15.1 Å². The number of likely N-dealkylation sites (N-methyl/N-ethyl adjacent to an activating group) is 1. The van der Waals surface area contributed by atoms with E-state index in [2.05, 4.69) is 10.2 Å². The molecule has 1 saturated heterocycles. The fraction of sp³-hybridized carbons (Fsp3) is 0.579. The minimum Gasteiger partial charge on any atom is -0.339 e. The van der Waals surface area contributed by atoms with Crippen LogP contribution >= 0.6 is 0 Å². The van der Waals surface area contributed by atoms with Crippen molar-refractivity contribution in [2.75, 3.05) is 38.5 Å². The van der Waals surface area contributed by atoms with E-state index in [9.17, 15) is 9.59 Å². The molecule has 0 aliphatic carbocycles. The van der Waals surface area contributed by atoms with Gasteiger partial charge in [0, 0.05) is 31.9 Å². The number of piperazine rings is 1. The topological polar surface area (TPSA) is 52.7 Å². The second-order valence-corrected chi connectivity index (χ2v) is 7.45. The molecule has 5 nitrogen and oxygen atoms in total. The average Bonchev–Trinajstić information content (AvgIpc) is 2.50. The number of nitrogens with zero attached hydrogens (tertiary/aromatic N) is 2. The number of amides is 2. The van der Waals surface area contributed by atoms with Gasteiger partial charge in [0.15, 0.2) is 0 Å². The SMILES string of the molecule is Cc1cc(C)c(NC(=O)C(C)(C)C(=O)N2CCN(C)CC2)c(C)c1. The summed E-state index contributed by atoms with van der Waals surface area (Å²) >= 11 is 0. The fourth-order valence-corrected chi connectivity index (χ4v) is 3.15. The molecule has 1 heterocycles. The number of hydrogen-bond donors (Lipinski definition) is 1. The molecule has 5 heteroatoms. The van der Waals surface area contributed by atoms with E-state index in [1.807, 2.05) is 40.0 Å². The Morgan fingerprint density at radius 3 is 2.00 bits per heavy atom. The van der Waals surface area contributed by atoms with Crippen LogP contribution in [0.3, 0.4) is 0 Å². The normalized spacial score (nSPS) is 16.2. The van der Waals surface area contributed by atoms with Gasteiger partial charge in [-0.2, -0.15) is 0 Å². The second kappa shape index (κ2) is 6.93. The molecule has 1 aliphatic rings. The van der Waals surface area contributed by atoms with Gasteiger partial charge in [-0.1, -0.05) is 17.7 Å². The van der Waals surface area contributed by atoms with Crippen LogP contribution in [0.15, 0.2) is 12.1 Å². The van der Waals surface area contributed by atoms with E-state index in [4.69, 9.17) is 0 Å². The van der Waals surface area contributed by atoms with Crippen LogP contribution in [0.5, 0.6) is 0 Å². The third-order valence-electron chi connectivity index (χ3n) is 4.81. The third-order valence-corrected chi connectivity index (χ3v) is 4.81. The highest BCUT2D eigenvalue weighted by Gasteiger charge is 2.40. The molecule has 0 aromatic heterocycles. The maximum atomic E-state index is 12.8. The monoisotopic (exact) mass is 331 g/mol. The number of hydrogen-bond acceptors (Lipinski definition) is 3. The van der Waals surface area contributed by atoms with Gasteiger partial charge in [0.1, 0.15) is 5.41 Å². The second-order valence-electron chi connectivity index (χ2n) is 7.45. The smallest absolute Gasteiger partial charge is 0.239 e. The highest BCUT2D eigenvalue weighted by molar-refractivity contribution is 6.10. The summed E-state index contributed by atoms with van der Waals surface area (Å²) in [6.07, 6.45) is 0. The lowest BCUT2D eigenvalue weighted by Crippen LogP contribution is -2.53. The predicted molar refractivity (Wildman–Crippen MR) is 97.1 cm³/mol. The van der Waals surface area contributed by atoms with Gasteiger partial charge in [-0.05, 0) is 52.8 Å². The Morgan fingerprint density at radius 1 is 1.00 bits per heavy atom. The molecule has 0 bridgehead atoms. The fourth-order valence-electron chi connectivity index (χ4n) is 3.15. The van der Waals surface area contributed by atoms with Crippen LogP contribution in [-0.4, -0.2) is 54.8 Å². The quantitative estimate of drug-likeness (QED) is 0.865. The van der Waals surface area contributed by atoms with Crippen molar-refractivity contribution in [3.05, 3.63) is 28.8 Å². The largest absolute Gasteiger partial charge is 0.339 e. The first-order valence-corrected chi connectivity index (χ1v) is 8.50. The third kappa shape index (κ3) is 3.78. The Morgan fingerprint density at radius 2 is 1.50 bits per heavy atom. The number of anilines is 1. The van der Waals surface area contributed by atoms with Crippen LogP contribution in [0.4, 0.5) is 5.69 Å². The van der Waals surface area contributed by atoms with Crippen LogP contribution in [0.25, 0.3) is 0 Å². The zero-order chi connectivity index (χ0) is 18.1. The molecule has 1 aliphatic heterocycles. The first-order chi connectivity index (χ1) is 11.1. The van der Waals surface area contributed by atoms with E-state index in [1.165, 1.54) is 0 Å². The molecule has 0 saturated carbocycles. The first-order valence-electron chi connectivity index (χ1n) is 8.50. The molecule has 1 N–H and O–H groups in total. The van der Waals surface area contributed by atoms with Gasteiger partial charge in [-0.25, -0.2) is 0 Å². The van der Waals surface area contributed by atoms with E-state index < -0.39 is 5.41 Å². The molecular formula is C19H29N3O2. The van der Waals surface area contributed by atoms with Crippen LogP contribution in [0, 0.1) is 26.2 Å². The molecule has 0 spiro atoms. The van der Waals surface area contributed by atoms with Crippen molar-refractivity contribution in [2.24, 2.45) is 5.41 Å². The van der Waals surface area contributed by atoms with Gasteiger partial charge >= 0.3 is 0 Å². The number of carbonyl (C=O) groups is 2. The van der Waals surface area contributed by atoms with Crippen LogP contribution < -0.4 is 5.32 Å². The first kappa shape index (κ1) is 18.5. The minimum atomic E-state index is -1.08. The summed E-state index contributed by atoms with van der Waals surface area (Å²) in [7, 11) is 2.04. The molecule has 2 rings (SSSR count). The summed E-state index contributed by atoms with van der Waals surface area (Å²) in [5, 5.41) is 2.98. The Hall–Kier alpha value is -1.88. The van der Waals surface area contributed by atoms with E-state index in [0.717, 1.165) is 35.5 Å². The molecule has 0 atom stereocenters. The lowest BCUT2D eigenvalue weighted by Gasteiger charge is -2.36. The van der Waals surface area contributed by atoms with Crippen molar-refractivity contribution in [1.82, 2.24) is 9.80 Å². The number of rotatable bonds is 3. The average molecular weight is 331 g/mol. The van der Waals surface area contributed by atoms with Crippen molar-refractivity contribution >= 4 is 17.5 Å². The van der Waals surface area contributed by atoms with E-state index in [0.29, 0.717) is 13.1 Å². The standard InChI is InChI=1S/C19H29N3O2/c1-13-11-14(2)16(15(3)12-13)20-17(23)19(4,5)18(24)22-9-7-21(6)8-10-22/h11-12H,7-10H2,1-6H3,(H,20,23). The molecular weight excluding hydrogens is 302 g/mol. The molecule has 0 unspecified atom stereocenters. The number of aryl methyl sites for hydroxylation is 3. The maximum absolute atomic E-state index is 12.8. The summed E-state index contributed by atoms with van der Waals surface area (Å²) in [6.45, 7) is 12.5. The van der Waals surface area contributed by atoms with Crippen molar-refractivity contribution < 1.29 is 9.59 Å². The van der Waals surface area contributed by atoms with Crippen LogP contribution in [0.1, 0.15) is 30.5 Å². The molecule has 1 aromatic rings. The molecule has 132 valence electrons. The van der Waals surface area contributed by atoms with Gasteiger partial charge in [0.25, 0.3) is 0 Å². The summed E-state index contributed by atoms with van der Waals surface area (Å²) in [4.78, 5) is 29.6. The molecule has 1 fully saturated rings. The molecule has 24 heavy (non-hydrogen) atoms. The van der Waals surface area contributed by atoms with Crippen LogP contribution in [0.2, 0.25) is 0 Å². The molecule has 0 radical (unpaired) electrons. The zero-order valence-corrected chi connectivity index (χ0v) is 15.7. The molecule has 2 amide bonds.